The van der Waals surface area contributed by atoms with Crippen LogP contribution in [-0.4, -0.2) is 34.8 Å². The van der Waals surface area contributed by atoms with Crippen LogP contribution in [0.2, 0.25) is 0 Å². The first kappa shape index (κ1) is 20.4. The molecule has 3 rings (SSSR count). The van der Waals surface area contributed by atoms with E-state index in [-0.39, 0.29) is 24.4 Å². The molecule has 152 valence electrons. The van der Waals surface area contributed by atoms with Crippen LogP contribution in [0.15, 0.2) is 30.3 Å². The average Bonchev–Trinajstić information content (AvgIpc) is 2.88. The van der Waals surface area contributed by atoms with Crippen LogP contribution in [0.25, 0.3) is 0 Å². The van der Waals surface area contributed by atoms with Crippen molar-refractivity contribution in [3.05, 3.63) is 35.9 Å². The molecule has 4 amide bonds. The number of nitrogens with one attached hydrogen (secondary N) is 2. The van der Waals surface area contributed by atoms with Crippen molar-refractivity contribution in [1.82, 2.24) is 15.5 Å². The van der Waals surface area contributed by atoms with Crippen molar-refractivity contribution in [2.45, 2.75) is 64.5 Å². The van der Waals surface area contributed by atoms with E-state index in [0.29, 0.717) is 24.7 Å². The molecule has 2 fully saturated rings. The summed E-state index contributed by atoms with van der Waals surface area (Å²) in [4.78, 5) is 39.1. The summed E-state index contributed by atoms with van der Waals surface area (Å²) >= 11 is 0. The van der Waals surface area contributed by atoms with Crippen molar-refractivity contribution in [3.8, 4) is 0 Å². The van der Waals surface area contributed by atoms with E-state index in [1.165, 1.54) is 0 Å². The molecule has 1 aromatic carbocycles. The highest BCUT2D eigenvalue weighted by atomic mass is 16.2. The lowest BCUT2D eigenvalue weighted by molar-refractivity contribution is -0.136. The zero-order chi connectivity index (χ0) is 20.3. The number of rotatable bonds is 6. The Morgan fingerprint density at radius 1 is 1.21 bits per heavy atom. The Hall–Kier alpha value is -2.37. The van der Waals surface area contributed by atoms with Gasteiger partial charge in [-0.2, -0.15) is 0 Å². The third-order valence-corrected chi connectivity index (χ3v) is 5.92. The minimum atomic E-state index is -0.805. The Morgan fingerprint density at radius 2 is 1.86 bits per heavy atom. The van der Waals surface area contributed by atoms with Crippen molar-refractivity contribution < 1.29 is 14.4 Å². The Morgan fingerprint density at radius 3 is 2.46 bits per heavy atom. The highest BCUT2D eigenvalue weighted by Gasteiger charge is 2.52. The number of carbonyl (C=O) groups is 3. The number of benzene rings is 1. The zero-order valence-electron chi connectivity index (χ0n) is 17.0. The van der Waals surface area contributed by atoms with Crippen LogP contribution < -0.4 is 10.6 Å². The predicted octanol–water partition coefficient (Wildman–Crippen LogP) is 3.39. The molecule has 0 bridgehead atoms. The second kappa shape index (κ2) is 8.33. The summed E-state index contributed by atoms with van der Waals surface area (Å²) in [6.07, 6.45) is 3.92. The first-order chi connectivity index (χ1) is 13.3. The first-order valence-electron chi connectivity index (χ1n) is 10.3. The van der Waals surface area contributed by atoms with E-state index in [9.17, 15) is 14.4 Å². The summed E-state index contributed by atoms with van der Waals surface area (Å²) in [5.41, 5.74) is 0.222. The quantitative estimate of drug-likeness (QED) is 0.737. The highest BCUT2D eigenvalue weighted by molar-refractivity contribution is 6.09. The van der Waals surface area contributed by atoms with Gasteiger partial charge in [0.25, 0.3) is 5.91 Å². The molecule has 1 aliphatic carbocycles. The normalized spacial score (nSPS) is 25.9. The van der Waals surface area contributed by atoms with Gasteiger partial charge in [-0.05, 0) is 49.5 Å². The van der Waals surface area contributed by atoms with Gasteiger partial charge in [-0.25, -0.2) is 4.79 Å². The SMILES string of the molecule is CC(C)CC(NC(=O)CN1C(=O)NC2(CCC(C)CC2)C1=O)c1ccccc1. The molecule has 6 heteroatoms. The van der Waals surface area contributed by atoms with Crippen LogP contribution in [0.4, 0.5) is 4.79 Å². The van der Waals surface area contributed by atoms with Gasteiger partial charge in [-0.1, -0.05) is 51.1 Å². The van der Waals surface area contributed by atoms with E-state index in [4.69, 9.17) is 0 Å². The fraction of sp³-hybridized carbons (Fsp3) is 0.591. The molecule has 0 aromatic heterocycles. The van der Waals surface area contributed by atoms with Gasteiger partial charge in [-0.15, -0.1) is 0 Å². The predicted molar refractivity (Wildman–Crippen MR) is 107 cm³/mol. The number of hydrogen-bond donors (Lipinski definition) is 2. The van der Waals surface area contributed by atoms with Gasteiger partial charge in [-0.3, -0.25) is 14.5 Å². The number of carbonyl (C=O) groups excluding carboxylic acids is 3. The van der Waals surface area contributed by atoms with Crippen LogP contribution >= 0.6 is 0 Å². The monoisotopic (exact) mass is 385 g/mol. The van der Waals surface area contributed by atoms with Gasteiger partial charge in [0.15, 0.2) is 0 Å². The molecule has 1 atom stereocenters. The molecular formula is C22H31N3O3. The number of hydrogen-bond acceptors (Lipinski definition) is 3. The molecule has 28 heavy (non-hydrogen) atoms. The summed E-state index contributed by atoms with van der Waals surface area (Å²) in [5, 5.41) is 5.89. The van der Waals surface area contributed by atoms with Gasteiger partial charge in [0.1, 0.15) is 12.1 Å². The van der Waals surface area contributed by atoms with Crippen molar-refractivity contribution in [2.24, 2.45) is 11.8 Å². The van der Waals surface area contributed by atoms with E-state index in [2.05, 4.69) is 31.4 Å². The Labute approximate surface area is 167 Å². The second-order valence-electron chi connectivity index (χ2n) is 8.75. The smallest absolute Gasteiger partial charge is 0.325 e. The van der Waals surface area contributed by atoms with Crippen LogP contribution in [0.3, 0.4) is 0 Å². The number of nitrogens with zero attached hydrogens (tertiary/aromatic N) is 1. The van der Waals surface area contributed by atoms with Gasteiger partial charge in [0.05, 0.1) is 6.04 Å². The van der Waals surface area contributed by atoms with Crippen molar-refractivity contribution in [2.75, 3.05) is 6.54 Å². The topological polar surface area (TPSA) is 78.5 Å². The van der Waals surface area contributed by atoms with Crippen molar-refractivity contribution in [1.29, 1.82) is 0 Å². The zero-order valence-corrected chi connectivity index (χ0v) is 17.0. The molecule has 1 aromatic rings. The summed E-state index contributed by atoms with van der Waals surface area (Å²) in [7, 11) is 0. The van der Waals surface area contributed by atoms with Gasteiger partial charge in [0, 0.05) is 0 Å². The van der Waals surface area contributed by atoms with Crippen LogP contribution in [0.1, 0.15) is 64.5 Å². The molecule has 0 radical (unpaired) electrons. The highest BCUT2D eigenvalue weighted by Crippen LogP contribution is 2.36. The van der Waals surface area contributed by atoms with E-state index in [0.717, 1.165) is 29.7 Å². The lowest BCUT2D eigenvalue weighted by atomic mass is 9.77. The minimum absolute atomic E-state index is 0.140. The fourth-order valence-corrected chi connectivity index (χ4v) is 4.23. The molecule has 2 N–H and O–H groups in total. The average molecular weight is 386 g/mol. The molecule has 1 saturated heterocycles. The molecule has 1 aliphatic heterocycles. The maximum atomic E-state index is 12.9. The lowest BCUT2D eigenvalue weighted by Gasteiger charge is -2.33. The van der Waals surface area contributed by atoms with Crippen molar-refractivity contribution >= 4 is 17.8 Å². The summed E-state index contributed by atoms with van der Waals surface area (Å²) in [6, 6.07) is 9.21. The second-order valence-corrected chi connectivity index (χ2v) is 8.75. The first-order valence-corrected chi connectivity index (χ1v) is 10.3. The Bertz CT molecular complexity index is 724. The molecule has 1 saturated carbocycles. The van der Waals surface area contributed by atoms with E-state index >= 15 is 0 Å². The summed E-state index contributed by atoms with van der Waals surface area (Å²) in [6.45, 7) is 6.14. The van der Waals surface area contributed by atoms with E-state index in [1.54, 1.807) is 0 Å². The summed E-state index contributed by atoms with van der Waals surface area (Å²) in [5.74, 6) is 0.406. The maximum Gasteiger partial charge on any atom is 0.325 e. The Kier molecular flexibility index (Phi) is 6.06. The molecular weight excluding hydrogens is 354 g/mol. The van der Waals surface area contributed by atoms with Crippen LogP contribution in [0, 0.1) is 11.8 Å². The van der Waals surface area contributed by atoms with Crippen LogP contribution in [0.5, 0.6) is 0 Å². The fourth-order valence-electron chi connectivity index (χ4n) is 4.23. The largest absolute Gasteiger partial charge is 0.348 e. The minimum Gasteiger partial charge on any atom is -0.348 e. The van der Waals surface area contributed by atoms with Gasteiger partial charge >= 0.3 is 6.03 Å². The van der Waals surface area contributed by atoms with E-state index in [1.807, 2.05) is 30.3 Å². The molecule has 1 heterocycles. The van der Waals surface area contributed by atoms with Gasteiger partial charge in [0.2, 0.25) is 5.91 Å². The van der Waals surface area contributed by atoms with Crippen LogP contribution in [-0.2, 0) is 9.59 Å². The summed E-state index contributed by atoms with van der Waals surface area (Å²) < 4.78 is 0. The third kappa shape index (κ3) is 4.37. The number of urea groups is 1. The molecule has 6 nitrogen and oxygen atoms in total. The molecule has 1 spiro atoms. The molecule has 2 aliphatic rings. The standard InChI is InChI=1S/C22H31N3O3/c1-15(2)13-18(17-7-5-4-6-8-17)23-19(26)14-25-20(27)22(24-21(25)28)11-9-16(3)10-12-22/h4-8,15-16,18H,9-14H2,1-3H3,(H,23,26)(H,24,28). The lowest BCUT2D eigenvalue weighted by Crippen LogP contribution is -2.50. The molecule has 1 unspecified atom stereocenters. The van der Waals surface area contributed by atoms with Crippen molar-refractivity contribution in [3.63, 3.8) is 0 Å². The maximum absolute atomic E-state index is 12.9. The van der Waals surface area contributed by atoms with Gasteiger partial charge < -0.3 is 10.6 Å². The Balaban J connectivity index is 1.66. The number of amides is 4. The van der Waals surface area contributed by atoms with E-state index < -0.39 is 11.6 Å². The number of imide groups is 1. The third-order valence-electron chi connectivity index (χ3n) is 5.92.